The van der Waals surface area contributed by atoms with Crippen LogP contribution >= 0.6 is 0 Å². The molecule has 1 fully saturated rings. The van der Waals surface area contributed by atoms with E-state index in [1.54, 1.807) is 12.1 Å². The van der Waals surface area contributed by atoms with Crippen LogP contribution in [0.15, 0.2) is 18.2 Å². The number of nitrogens with one attached hydrogen (secondary N) is 1. The van der Waals surface area contributed by atoms with E-state index in [-0.39, 0.29) is 11.1 Å². The lowest BCUT2D eigenvalue weighted by atomic mass is 9.75. The summed E-state index contributed by atoms with van der Waals surface area (Å²) in [5.74, 6) is -0.993. The highest BCUT2D eigenvalue weighted by Crippen LogP contribution is 2.36. The molecule has 0 atom stereocenters. The van der Waals surface area contributed by atoms with Crippen LogP contribution in [0.1, 0.15) is 29.6 Å². The van der Waals surface area contributed by atoms with Gasteiger partial charge in [-0.15, -0.1) is 0 Å². The molecular formula is C14H21N3O2. The summed E-state index contributed by atoms with van der Waals surface area (Å²) in [4.78, 5) is 13.3. The number of nitrogens with zero attached hydrogens (tertiary/aromatic N) is 1. The molecule has 19 heavy (non-hydrogen) atoms. The maximum Gasteiger partial charge on any atom is 0.337 e. The largest absolute Gasteiger partial charge is 0.478 e. The van der Waals surface area contributed by atoms with Gasteiger partial charge in [-0.2, -0.15) is 0 Å². The first-order valence-electron chi connectivity index (χ1n) is 6.49. The summed E-state index contributed by atoms with van der Waals surface area (Å²) in [7, 11) is 4.18. The van der Waals surface area contributed by atoms with Gasteiger partial charge in [0.1, 0.15) is 0 Å². The second-order valence-electron chi connectivity index (χ2n) is 5.43. The molecule has 5 heteroatoms. The molecule has 1 aliphatic rings. The molecule has 0 saturated heterocycles. The number of carboxylic acids is 1. The zero-order chi connectivity index (χ0) is 14.0. The number of hydrogen-bond acceptors (Lipinski definition) is 4. The molecule has 1 aliphatic carbocycles. The van der Waals surface area contributed by atoms with Gasteiger partial charge in [-0.1, -0.05) is 0 Å². The quantitative estimate of drug-likeness (QED) is 0.707. The molecule has 0 heterocycles. The highest BCUT2D eigenvalue weighted by atomic mass is 16.4. The Hall–Kier alpha value is -1.75. The Bertz CT molecular complexity index is 482. The fourth-order valence-corrected chi connectivity index (χ4v) is 2.49. The number of likely N-dealkylation sites (N-methyl/N-ethyl adjacent to an activating group) is 1. The summed E-state index contributed by atoms with van der Waals surface area (Å²) < 4.78 is 0. The van der Waals surface area contributed by atoms with Gasteiger partial charge >= 0.3 is 5.97 Å². The van der Waals surface area contributed by atoms with Gasteiger partial charge in [-0.3, -0.25) is 0 Å². The van der Waals surface area contributed by atoms with E-state index in [4.69, 9.17) is 10.8 Å². The number of rotatable bonds is 5. The van der Waals surface area contributed by atoms with Crippen molar-refractivity contribution in [2.24, 2.45) is 0 Å². The summed E-state index contributed by atoms with van der Waals surface area (Å²) in [6, 6.07) is 5.05. The van der Waals surface area contributed by atoms with E-state index in [2.05, 4.69) is 24.3 Å². The average molecular weight is 263 g/mol. The van der Waals surface area contributed by atoms with Crippen molar-refractivity contribution in [3.63, 3.8) is 0 Å². The normalized spacial score (nSPS) is 17.0. The first-order valence-corrected chi connectivity index (χ1v) is 6.49. The molecule has 1 aromatic rings. The van der Waals surface area contributed by atoms with Crippen molar-refractivity contribution >= 4 is 17.3 Å². The molecule has 1 saturated carbocycles. The Balaban J connectivity index is 2.08. The van der Waals surface area contributed by atoms with Gasteiger partial charge in [0.25, 0.3) is 0 Å². The van der Waals surface area contributed by atoms with Crippen LogP contribution in [0.2, 0.25) is 0 Å². The van der Waals surface area contributed by atoms with Crippen LogP contribution in [0.25, 0.3) is 0 Å². The maximum atomic E-state index is 11.0. The minimum Gasteiger partial charge on any atom is -0.478 e. The number of hydrogen-bond donors (Lipinski definition) is 3. The lowest BCUT2D eigenvalue weighted by Gasteiger charge is -2.47. The third kappa shape index (κ3) is 2.66. The van der Waals surface area contributed by atoms with E-state index in [0.717, 1.165) is 12.2 Å². The van der Waals surface area contributed by atoms with Crippen molar-refractivity contribution in [3.8, 4) is 0 Å². The number of anilines is 2. The summed E-state index contributed by atoms with van der Waals surface area (Å²) in [6.07, 6.45) is 3.60. The second-order valence-corrected chi connectivity index (χ2v) is 5.43. The SMILES string of the molecule is CN(C)C1(CNc2ccc(N)c(C(=O)O)c2)CCC1. The molecule has 0 bridgehead atoms. The Kier molecular flexibility index (Phi) is 3.66. The van der Waals surface area contributed by atoms with Gasteiger partial charge in [0.05, 0.1) is 5.56 Å². The third-order valence-corrected chi connectivity index (χ3v) is 4.14. The standard InChI is InChI=1S/C14H21N3O2/c1-17(2)14(6-3-7-14)9-16-10-4-5-12(15)11(8-10)13(18)19/h4-5,8,16H,3,6-7,9,15H2,1-2H3,(H,18,19). The van der Waals surface area contributed by atoms with Crippen LogP contribution in [-0.4, -0.2) is 42.2 Å². The number of nitrogen functional groups attached to an aromatic ring is 1. The smallest absolute Gasteiger partial charge is 0.337 e. The molecule has 0 aliphatic heterocycles. The van der Waals surface area contributed by atoms with Gasteiger partial charge in [0.2, 0.25) is 0 Å². The highest BCUT2D eigenvalue weighted by Gasteiger charge is 2.38. The number of nitrogens with two attached hydrogens (primary N) is 1. The van der Waals surface area contributed by atoms with E-state index in [0.29, 0.717) is 5.69 Å². The van der Waals surface area contributed by atoms with Gasteiger partial charge in [0, 0.05) is 23.5 Å². The fraction of sp³-hybridized carbons (Fsp3) is 0.500. The van der Waals surface area contributed by atoms with Crippen molar-refractivity contribution in [2.45, 2.75) is 24.8 Å². The van der Waals surface area contributed by atoms with Crippen molar-refractivity contribution in [1.82, 2.24) is 4.90 Å². The van der Waals surface area contributed by atoms with Crippen molar-refractivity contribution < 1.29 is 9.90 Å². The molecule has 0 aromatic heterocycles. The monoisotopic (exact) mass is 263 g/mol. The summed E-state index contributed by atoms with van der Waals surface area (Å²) in [5.41, 5.74) is 7.09. The molecular weight excluding hydrogens is 242 g/mol. The second kappa shape index (κ2) is 5.09. The van der Waals surface area contributed by atoms with Gasteiger partial charge in [-0.05, 0) is 51.6 Å². The van der Waals surface area contributed by atoms with E-state index in [1.807, 2.05) is 6.07 Å². The minimum absolute atomic E-state index is 0.150. The average Bonchev–Trinajstić information content (AvgIpc) is 2.28. The van der Waals surface area contributed by atoms with E-state index in [1.165, 1.54) is 19.3 Å². The Morgan fingerprint density at radius 1 is 1.47 bits per heavy atom. The maximum absolute atomic E-state index is 11.0. The summed E-state index contributed by atoms with van der Waals surface area (Å²) in [6.45, 7) is 0.822. The Morgan fingerprint density at radius 2 is 2.16 bits per heavy atom. The fourth-order valence-electron chi connectivity index (χ4n) is 2.49. The number of benzene rings is 1. The van der Waals surface area contributed by atoms with Crippen LogP contribution in [0.3, 0.4) is 0 Å². The van der Waals surface area contributed by atoms with Crippen molar-refractivity contribution in [2.75, 3.05) is 31.7 Å². The first-order chi connectivity index (χ1) is 8.94. The first kappa shape index (κ1) is 13.7. The summed E-state index contributed by atoms with van der Waals surface area (Å²) in [5, 5.41) is 12.4. The van der Waals surface area contributed by atoms with E-state index >= 15 is 0 Å². The van der Waals surface area contributed by atoms with Crippen LogP contribution in [0.5, 0.6) is 0 Å². The number of aromatic carboxylic acids is 1. The lowest BCUT2D eigenvalue weighted by Crippen LogP contribution is -2.54. The molecule has 104 valence electrons. The van der Waals surface area contributed by atoms with Gasteiger partial charge < -0.3 is 21.1 Å². The zero-order valence-electron chi connectivity index (χ0n) is 11.4. The van der Waals surface area contributed by atoms with Gasteiger partial charge in [-0.25, -0.2) is 4.79 Å². The van der Waals surface area contributed by atoms with Crippen LogP contribution in [-0.2, 0) is 0 Å². The molecule has 0 amide bonds. The topological polar surface area (TPSA) is 78.6 Å². The molecule has 0 spiro atoms. The third-order valence-electron chi connectivity index (χ3n) is 4.14. The highest BCUT2D eigenvalue weighted by molar-refractivity contribution is 5.94. The molecule has 5 nitrogen and oxygen atoms in total. The number of carboxylic acid groups (broad SMARTS) is 1. The van der Waals surface area contributed by atoms with Gasteiger partial charge in [0.15, 0.2) is 0 Å². The molecule has 0 unspecified atom stereocenters. The predicted octanol–water partition coefficient (Wildman–Crippen LogP) is 1.86. The van der Waals surface area contributed by atoms with E-state index in [9.17, 15) is 4.79 Å². The van der Waals surface area contributed by atoms with Crippen molar-refractivity contribution in [1.29, 1.82) is 0 Å². The molecule has 1 aromatic carbocycles. The predicted molar refractivity (Wildman–Crippen MR) is 76.6 cm³/mol. The molecule has 0 radical (unpaired) electrons. The van der Waals surface area contributed by atoms with Crippen molar-refractivity contribution in [3.05, 3.63) is 23.8 Å². The van der Waals surface area contributed by atoms with Crippen LogP contribution in [0, 0.1) is 0 Å². The van der Waals surface area contributed by atoms with E-state index < -0.39 is 5.97 Å². The van der Waals surface area contributed by atoms with Crippen LogP contribution < -0.4 is 11.1 Å². The Labute approximate surface area is 113 Å². The lowest BCUT2D eigenvalue weighted by molar-refractivity contribution is 0.0698. The molecule has 4 N–H and O–H groups in total. The molecule has 2 rings (SSSR count). The Morgan fingerprint density at radius 3 is 2.63 bits per heavy atom. The minimum atomic E-state index is -0.993. The number of carbonyl (C=O) groups is 1. The summed E-state index contributed by atoms with van der Waals surface area (Å²) >= 11 is 0. The zero-order valence-corrected chi connectivity index (χ0v) is 11.4. The van der Waals surface area contributed by atoms with Crippen LogP contribution in [0.4, 0.5) is 11.4 Å².